The molecule has 2 fully saturated rings. The van der Waals surface area contributed by atoms with Gasteiger partial charge in [0.2, 0.25) is 0 Å². The fourth-order valence-electron chi connectivity index (χ4n) is 6.05. The van der Waals surface area contributed by atoms with E-state index in [1.54, 1.807) is 5.57 Å². The Morgan fingerprint density at radius 1 is 1.22 bits per heavy atom. The van der Waals surface area contributed by atoms with Gasteiger partial charge in [-0.2, -0.15) is 0 Å². The number of fused-ring (bicyclic) bond motifs is 4. The van der Waals surface area contributed by atoms with Crippen molar-refractivity contribution >= 4 is 5.78 Å². The van der Waals surface area contributed by atoms with Gasteiger partial charge in [-0.15, -0.1) is 5.92 Å². The van der Waals surface area contributed by atoms with Crippen LogP contribution in [-0.4, -0.2) is 17.5 Å². The highest BCUT2D eigenvalue weighted by Gasteiger charge is 2.55. The van der Waals surface area contributed by atoms with Crippen LogP contribution in [0.25, 0.3) is 0 Å². The van der Waals surface area contributed by atoms with E-state index in [9.17, 15) is 9.90 Å². The minimum atomic E-state index is 0.0312. The minimum absolute atomic E-state index is 0.0312. The molecule has 0 bridgehead atoms. The molecule has 0 spiro atoms. The number of hydrogen-bond acceptors (Lipinski definition) is 2. The summed E-state index contributed by atoms with van der Waals surface area (Å²) in [6, 6.07) is 0. The summed E-state index contributed by atoms with van der Waals surface area (Å²) >= 11 is 0. The van der Waals surface area contributed by atoms with Gasteiger partial charge in [0, 0.05) is 17.8 Å². The third-order valence-corrected chi connectivity index (χ3v) is 7.06. The predicted octanol–water partition coefficient (Wildman–Crippen LogP) is 3.80. The van der Waals surface area contributed by atoms with Gasteiger partial charge < -0.3 is 5.11 Å². The van der Waals surface area contributed by atoms with E-state index >= 15 is 0 Å². The van der Waals surface area contributed by atoms with Crippen LogP contribution < -0.4 is 0 Å². The van der Waals surface area contributed by atoms with Crippen LogP contribution >= 0.6 is 0 Å². The van der Waals surface area contributed by atoms with E-state index in [1.807, 2.05) is 13.0 Å². The molecular weight excluding hydrogens is 284 g/mol. The van der Waals surface area contributed by atoms with Crippen LogP contribution in [0.3, 0.4) is 0 Å². The lowest BCUT2D eigenvalue weighted by molar-refractivity contribution is -0.114. The van der Waals surface area contributed by atoms with Gasteiger partial charge in [-0.1, -0.05) is 11.5 Å². The number of ketones is 1. The van der Waals surface area contributed by atoms with Crippen molar-refractivity contribution in [1.29, 1.82) is 0 Å². The summed E-state index contributed by atoms with van der Waals surface area (Å²) in [5.74, 6) is 8.41. The molecule has 0 aromatic heterocycles. The van der Waals surface area contributed by atoms with Crippen LogP contribution in [0.2, 0.25) is 0 Å². The van der Waals surface area contributed by atoms with Crippen molar-refractivity contribution in [1.82, 2.24) is 0 Å². The number of carbonyl (C=O) groups is 1. The predicted molar refractivity (Wildman–Crippen MR) is 90.5 cm³/mol. The maximum absolute atomic E-state index is 11.7. The summed E-state index contributed by atoms with van der Waals surface area (Å²) in [7, 11) is 0. The van der Waals surface area contributed by atoms with Gasteiger partial charge in [-0.3, -0.25) is 4.79 Å². The first kappa shape index (κ1) is 15.2. The fraction of sp³-hybridized carbons (Fsp3) is 0.667. The molecule has 2 nitrogen and oxygen atoms in total. The normalized spacial score (nSPS) is 39.0. The fourth-order valence-corrected chi connectivity index (χ4v) is 6.05. The number of aliphatic hydroxyl groups excluding tert-OH is 1. The van der Waals surface area contributed by atoms with Crippen molar-refractivity contribution in [2.45, 2.75) is 58.3 Å². The van der Waals surface area contributed by atoms with Crippen molar-refractivity contribution in [3.05, 3.63) is 22.8 Å². The van der Waals surface area contributed by atoms with E-state index in [0.717, 1.165) is 38.5 Å². The summed E-state index contributed by atoms with van der Waals surface area (Å²) in [6.45, 7) is 2.21. The van der Waals surface area contributed by atoms with Crippen LogP contribution in [0.1, 0.15) is 58.3 Å². The first-order chi connectivity index (χ1) is 11.2. The Morgan fingerprint density at radius 2 is 2.09 bits per heavy atom. The minimum Gasteiger partial charge on any atom is -0.396 e. The van der Waals surface area contributed by atoms with Crippen LogP contribution in [0.4, 0.5) is 0 Å². The molecule has 1 N–H and O–H groups in total. The molecule has 23 heavy (non-hydrogen) atoms. The van der Waals surface area contributed by atoms with Gasteiger partial charge in [0.05, 0.1) is 6.61 Å². The molecule has 0 saturated heterocycles. The van der Waals surface area contributed by atoms with Gasteiger partial charge in [-0.05, 0) is 80.9 Å². The maximum Gasteiger partial charge on any atom is 0.156 e. The van der Waals surface area contributed by atoms with Gasteiger partial charge in [-0.25, -0.2) is 0 Å². The average Bonchev–Trinajstić information content (AvgIpc) is 2.94. The van der Waals surface area contributed by atoms with Crippen LogP contribution in [0.15, 0.2) is 22.8 Å². The van der Waals surface area contributed by atoms with Crippen LogP contribution in [0.5, 0.6) is 0 Å². The van der Waals surface area contributed by atoms with Gasteiger partial charge >= 0.3 is 0 Å². The second-order valence-corrected chi connectivity index (χ2v) is 7.81. The molecule has 0 radical (unpaired) electrons. The molecule has 0 aromatic rings. The Kier molecular flexibility index (Phi) is 3.73. The molecule has 2 saturated carbocycles. The number of carbonyl (C=O) groups excluding carboxylic acids is 1. The molecule has 4 aliphatic rings. The summed E-state index contributed by atoms with van der Waals surface area (Å²) in [4.78, 5) is 11.7. The zero-order valence-electron chi connectivity index (χ0n) is 14.0. The highest BCUT2D eigenvalue weighted by Crippen LogP contribution is 2.61. The zero-order valence-corrected chi connectivity index (χ0v) is 14.0. The molecule has 0 amide bonds. The molecule has 2 heteroatoms. The molecule has 4 aliphatic carbocycles. The van der Waals surface area contributed by atoms with E-state index in [4.69, 9.17) is 0 Å². The summed E-state index contributed by atoms with van der Waals surface area (Å²) in [5, 5.41) is 10.3. The Morgan fingerprint density at radius 3 is 2.87 bits per heavy atom. The largest absolute Gasteiger partial charge is 0.396 e. The average molecular weight is 310 g/mol. The van der Waals surface area contributed by atoms with Crippen molar-refractivity contribution in [2.75, 3.05) is 6.61 Å². The lowest BCUT2D eigenvalue weighted by atomic mass is 9.55. The van der Waals surface area contributed by atoms with Crippen molar-refractivity contribution < 1.29 is 9.90 Å². The molecule has 122 valence electrons. The van der Waals surface area contributed by atoms with Crippen LogP contribution in [0, 0.1) is 35.0 Å². The Hall–Kier alpha value is -1.33. The number of hydrogen-bond donors (Lipinski definition) is 1. The second kappa shape index (κ2) is 5.64. The lowest BCUT2D eigenvalue weighted by Crippen LogP contribution is -2.44. The molecule has 4 rings (SSSR count). The first-order valence-electron chi connectivity index (χ1n) is 9.18. The van der Waals surface area contributed by atoms with Crippen molar-refractivity contribution in [2.24, 2.45) is 23.2 Å². The highest BCUT2D eigenvalue weighted by atomic mass is 16.3. The zero-order chi connectivity index (χ0) is 16.0. The first-order valence-corrected chi connectivity index (χ1v) is 9.18. The van der Waals surface area contributed by atoms with E-state index in [-0.39, 0.29) is 12.0 Å². The standard InChI is InChI=1S/C21H26O2/c1-2-3-15-5-9-20-19-7-4-14-12-16(23)6-8-17(14)18(19)10-11-21(15,20)13-22/h12,15,19-20,22H,4-11,13H2,1H3/t15?,19-,20+,21+/m1/s1. The molecular formula is C21H26O2. The molecule has 1 unspecified atom stereocenters. The highest BCUT2D eigenvalue weighted by molar-refractivity contribution is 5.93. The van der Waals surface area contributed by atoms with E-state index < -0.39 is 0 Å². The Bertz CT molecular complexity index is 657. The topological polar surface area (TPSA) is 37.3 Å². The van der Waals surface area contributed by atoms with Gasteiger partial charge in [0.1, 0.15) is 0 Å². The third kappa shape index (κ3) is 2.17. The van der Waals surface area contributed by atoms with Crippen LogP contribution in [-0.2, 0) is 4.79 Å². The quantitative estimate of drug-likeness (QED) is 0.748. The molecule has 0 heterocycles. The Labute approximate surface area is 139 Å². The SMILES string of the molecule is CC#CC1CC[C@H]2[C@@H]3CCC4=CC(=O)CCC4=C3CC[C@]12CO. The van der Waals surface area contributed by atoms with E-state index in [0.29, 0.717) is 30.0 Å². The van der Waals surface area contributed by atoms with Gasteiger partial charge in [0.15, 0.2) is 5.78 Å². The second-order valence-electron chi connectivity index (χ2n) is 7.81. The molecule has 0 aliphatic heterocycles. The molecule has 4 atom stereocenters. The van der Waals surface area contributed by atoms with E-state index in [2.05, 4.69) is 11.8 Å². The monoisotopic (exact) mass is 310 g/mol. The van der Waals surface area contributed by atoms with Gasteiger partial charge in [0.25, 0.3) is 0 Å². The number of aliphatic hydroxyl groups is 1. The van der Waals surface area contributed by atoms with Crippen molar-refractivity contribution in [3.63, 3.8) is 0 Å². The van der Waals surface area contributed by atoms with Crippen molar-refractivity contribution in [3.8, 4) is 11.8 Å². The smallest absolute Gasteiger partial charge is 0.156 e. The number of allylic oxidation sites excluding steroid dienone is 4. The lowest BCUT2D eigenvalue weighted by Gasteiger charge is -2.49. The van der Waals surface area contributed by atoms with E-state index in [1.165, 1.54) is 17.6 Å². The summed E-state index contributed by atoms with van der Waals surface area (Å²) < 4.78 is 0. The Balaban J connectivity index is 1.73. The summed E-state index contributed by atoms with van der Waals surface area (Å²) in [6.07, 6.45) is 10.3. The number of rotatable bonds is 1. The maximum atomic E-state index is 11.7. The third-order valence-electron chi connectivity index (χ3n) is 7.06. The summed E-state index contributed by atoms with van der Waals surface area (Å²) in [5.41, 5.74) is 4.50. The molecule has 0 aromatic carbocycles.